The zero-order valence-electron chi connectivity index (χ0n) is 13.8. The summed E-state index contributed by atoms with van der Waals surface area (Å²) in [7, 11) is 0. The fraction of sp³-hybridized carbons (Fsp3) is 0.143. The van der Waals surface area contributed by atoms with Crippen molar-refractivity contribution in [2.75, 3.05) is 11.5 Å². The number of carbonyl (C=O) groups is 1. The molecule has 0 aliphatic carbocycles. The second-order valence-electron chi connectivity index (χ2n) is 6.04. The second-order valence-corrected chi connectivity index (χ2v) is 6.04. The Kier molecular flexibility index (Phi) is 4.27. The van der Waals surface area contributed by atoms with E-state index in [9.17, 15) is 4.79 Å². The molecule has 4 nitrogen and oxygen atoms in total. The lowest BCUT2D eigenvalue weighted by molar-refractivity contribution is -0.123. The molecule has 124 valence electrons. The van der Waals surface area contributed by atoms with Gasteiger partial charge in [0.1, 0.15) is 6.61 Å². The number of aromatic nitrogens is 1. The molecular weight excluding hydrogens is 312 g/mol. The van der Waals surface area contributed by atoms with Crippen molar-refractivity contribution in [2.24, 2.45) is 0 Å². The van der Waals surface area contributed by atoms with Gasteiger partial charge >= 0.3 is 0 Å². The first-order valence-corrected chi connectivity index (χ1v) is 8.26. The summed E-state index contributed by atoms with van der Waals surface area (Å²) >= 11 is 0. The molecule has 4 heteroatoms. The standard InChI is InChI=1S/C21H18N2O2/c24-21-15-25-14-19-7-6-18(17-8-10-22-11-9-17)12-20(19)23(21)13-16-4-2-1-3-5-16/h1-12H,13-15H2. The molecule has 0 unspecified atom stereocenters. The van der Waals surface area contributed by atoms with Crippen molar-refractivity contribution in [1.29, 1.82) is 0 Å². The lowest BCUT2D eigenvalue weighted by Gasteiger charge is -2.23. The number of ether oxygens (including phenoxy) is 1. The SMILES string of the molecule is O=C1COCc2ccc(-c3ccncc3)cc2N1Cc1ccccc1. The van der Waals surface area contributed by atoms with Crippen molar-refractivity contribution in [1.82, 2.24) is 4.98 Å². The Morgan fingerprint density at radius 1 is 0.920 bits per heavy atom. The van der Waals surface area contributed by atoms with Gasteiger partial charge in [0.25, 0.3) is 5.91 Å². The summed E-state index contributed by atoms with van der Waals surface area (Å²) in [5.74, 6) is -0.0190. The van der Waals surface area contributed by atoms with E-state index in [0.29, 0.717) is 13.2 Å². The summed E-state index contributed by atoms with van der Waals surface area (Å²) in [6.07, 6.45) is 3.55. The number of carbonyl (C=O) groups excluding carboxylic acids is 1. The maximum absolute atomic E-state index is 12.6. The molecule has 0 radical (unpaired) electrons. The Labute approximate surface area is 146 Å². The van der Waals surface area contributed by atoms with Gasteiger partial charge < -0.3 is 9.64 Å². The lowest BCUT2D eigenvalue weighted by atomic mass is 10.0. The molecular formula is C21H18N2O2. The van der Waals surface area contributed by atoms with Crippen LogP contribution in [0, 0.1) is 0 Å². The molecule has 1 aliphatic rings. The normalized spacial score (nSPS) is 14.1. The van der Waals surface area contributed by atoms with Gasteiger partial charge in [0.2, 0.25) is 0 Å². The monoisotopic (exact) mass is 330 g/mol. The van der Waals surface area contributed by atoms with Gasteiger partial charge in [-0.25, -0.2) is 0 Å². The predicted molar refractivity (Wildman–Crippen MR) is 97.0 cm³/mol. The second kappa shape index (κ2) is 6.87. The molecule has 0 N–H and O–H groups in total. The van der Waals surface area contributed by atoms with E-state index in [-0.39, 0.29) is 12.5 Å². The number of rotatable bonds is 3. The van der Waals surface area contributed by atoms with Crippen LogP contribution in [0.15, 0.2) is 73.1 Å². The van der Waals surface area contributed by atoms with Crippen LogP contribution in [-0.4, -0.2) is 17.5 Å². The summed E-state index contributed by atoms with van der Waals surface area (Å²) in [4.78, 5) is 18.5. The Balaban J connectivity index is 1.76. The van der Waals surface area contributed by atoms with Crippen LogP contribution < -0.4 is 4.90 Å². The van der Waals surface area contributed by atoms with Gasteiger partial charge in [0.05, 0.1) is 18.8 Å². The maximum Gasteiger partial charge on any atom is 0.253 e. The molecule has 3 aromatic rings. The Hall–Kier alpha value is -2.98. The lowest BCUT2D eigenvalue weighted by Crippen LogP contribution is -2.32. The van der Waals surface area contributed by atoms with Crippen molar-refractivity contribution in [2.45, 2.75) is 13.2 Å². The number of fused-ring (bicyclic) bond motifs is 1. The van der Waals surface area contributed by atoms with E-state index in [0.717, 1.165) is 27.9 Å². The third kappa shape index (κ3) is 3.30. The number of hydrogen-bond acceptors (Lipinski definition) is 3. The molecule has 0 spiro atoms. The Bertz CT molecular complexity index is 879. The van der Waals surface area contributed by atoms with E-state index >= 15 is 0 Å². The summed E-state index contributed by atoms with van der Waals surface area (Å²) < 4.78 is 5.55. The number of benzene rings is 2. The van der Waals surface area contributed by atoms with E-state index in [2.05, 4.69) is 17.1 Å². The van der Waals surface area contributed by atoms with Crippen molar-refractivity contribution in [3.8, 4) is 11.1 Å². The highest BCUT2D eigenvalue weighted by atomic mass is 16.5. The van der Waals surface area contributed by atoms with E-state index in [1.807, 2.05) is 53.4 Å². The molecule has 0 bridgehead atoms. The van der Waals surface area contributed by atoms with Crippen LogP contribution in [0.25, 0.3) is 11.1 Å². The van der Waals surface area contributed by atoms with Gasteiger partial charge in [-0.2, -0.15) is 0 Å². The van der Waals surface area contributed by atoms with Gasteiger partial charge in [0.15, 0.2) is 0 Å². The van der Waals surface area contributed by atoms with E-state index in [1.165, 1.54) is 0 Å². The van der Waals surface area contributed by atoms with Crippen LogP contribution in [0.1, 0.15) is 11.1 Å². The van der Waals surface area contributed by atoms with Crippen molar-refractivity contribution >= 4 is 11.6 Å². The first-order valence-electron chi connectivity index (χ1n) is 8.26. The molecule has 0 saturated heterocycles. The summed E-state index contributed by atoms with van der Waals surface area (Å²) in [6, 6.07) is 20.1. The van der Waals surface area contributed by atoms with Gasteiger partial charge in [-0.05, 0) is 34.9 Å². The highest BCUT2D eigenvalue weighted by Gasteiger charge is 2.23. The zero-order chi connectivity index (χ0) is 17.1. The Morgan fingerprint density at radius 2 is 1.72 bits per heavy atom. The summed E-state index contributed by atoms with van der Waals surface area (Å²) in [5, 5.41) is 0. The highest BCUT2D eigenvalue weighted by molar-refractivity contribution is 5.96. The molecule has 1 amide bonds. The van der Waals surface area contributed by atoms with Crippen LogP contribution in [0.2, 0.25) is 0 Å². The molecule has 2 aromatic carbocycles. The molecule has 2 heterocycles. The molecule has 0 fully saturated rings. The zero-order valence-corrected chi connectivity index (χ0v) is 13.8. The topological polar surface area (TPSA) is 42.4 Å². The van der Waals surface area contributed by atoms with Crippen LogP contribution in [0.4, 0.5) is 5.69 Å². The maximum atomic E-state index is 12.6. The van der Waals surface area contributed by atoms with Gasteiger partial charge in [0, 0.05) is 18.0 Å². The third-order valence-corrected chi connectivity index (χ3v) is 4.36. The fourth-order valence-corrected chi connectivity index (χ4v) is 3.06. The summed E-state index contributed by atoms with van der Waals surface area (Å²) in [6.45, 7) is 1.09. The molecule has 0 saturated carbocycles. The van der Waals surface area contributed by atoms with Crippen molar-refractivity contribution in [3.05, 3.63) is 84.2 Å². The van der Waals surface area contributed by atoms with Gasteiger partial charge in [-0.3, -0.25) is 9.78 Å². The third-order valence-electron chi connectivity index (χ3n) is 4.36. The van der Waals surface area contributed by atoms with Crippen LogP contribution in [0.5, 0.6) is 0 Å². The van der Waals surface area contributed by atoms with Gasteiger partial charge in [-0.15, -0.1) is 0 Å². The number of pyridine rings is 1. The number of amides is 1. The predicted octanol–water partition coefficient (Wildman–Crippen LogP) is 3.81. The smallest absolute Gasteiger partial charge is 0.253 e. The first kappa shape index (κ1) is 15.5. The van der Waals surface area contributed by atoms with E-state index < -0.39 is 0 Å². The average Bonchev–Trinajstić information content (AvgIpc) is 2.82. The fourth-order valence-electron chi connectivity index (χ4n) is 3.06. The van der Waals surface area contributed by atoms with Crippen LogP contribution in [0.3, 0.4) is 0 Å². The van der Waals surface area contributed by atoms with Crippen LogP contribution >= 0.6 is 0 Å². The Morgan fingerprint density at radius 3 is 2.52 bits per heavy atom. The number of hydrogen-bond donors (Lipinski definition) is 0. The minimum absolute atomic E-state index is 0.0190. The quantitative estimate of drug-likeness (QED) is 0.733. The minimum atomic E-state index is -0.0190. The van der Waals surface area contributed by atoms with Crippen molar-refractivity contribution < 1.29 is 9.53 Å². The molecule has 25 heavy (non-hydrogen) atoms. The molecule has 1 aromatic heterocycles. The van der Waals surface area contributed by atoms with Crippen molar-refractivity contribution in [3.63, 3.8) is 0 Å². The molecule has 4 rings (SSSR count). The van der Waals surface area contributed by atoms with Crippen LogP contribution in [-0.2, 0) is 22.7 Å². The minimum Gasteiger partial charge on any atom is -0.367 e. The molecule has 1 aliphatic heterocycles. The summed E-state index contributed by atoms with van der Waals surface area (Å²) in [5.41, 5.74) is 5.18. The molecule has 0 atom stereocenters. The number of anilines is 1. The largest absolute Gasteiger partial charge is 0.367 e. The average molecular weight is 330 g/mol. The number of nitrogens with zero attached hydrogens (tertiary/aromatic N) is 2. The van der Waals surface area contributed by atoms with E-state index in [1.54, 1.807) is 12.4 Å². The van der Waals surface area contributed by atoms with E-state index in [4.69, 9.17) is 4.74 Å². The highest BCUT2D eigenvalue weighted by Crippen LogP contribution is 2.31. The first-order chi connectivity index (χ1) is 12.3. The van der Waals surface area contributed by atoms with Gasteiger partial charge in [-0.1, -0.05) is 42.5 Å².